The minimum atomic E-state index is -0.597. The van der Waals surface area contributed by atoms with E-state index in [9.17, 15) is 9.59 Å². The lowest BCUT2D eigenvalue weighted by atomic mass is 10.4. The van der Waals surface area contributed by atoms with Crippen molar-refractivity contribution < 1.29 is 14.3 Å². The average molecular weight is 280 g/mol. The summed E-state index contributed by atoms with van der Waals surface area (Å²) in [4.78, 5) is 21.8. The second-order valence-electron chi connectivity index (χ2n) is 2.58. The number of hydrogen-bond donors (Lipinski definition) is 2. The molecule has 0 spiro atoms. The second kappa shape index (κ2) is 8.22. The summed E-state index contributed by atoms with van der Waals surface area (Å²) in [6.45, 7) is 2.34. The Morgan fingerprint density at radius 1 is 1.47 bits per heavy atom. The van der Waals surface area contributed by atoms with Crippen LogP contribution in [0, 0.1) is 0 Å². The summed E-state index contributed by atoms with van der Waals surface area (Å²) in [6.07, 6.45) is 1.74. The fraction of sp³-hybridized carbons (Fsp3) is 0.625. The molecule has 0 aliphatic rings. The number of nitrogens with zero attached hydrogens (tertiary/aromatic N) is 1. The van der Waals surface area contributed by atoms with Gasteiger partial charge in [-0.2, -0.15) is 5.10 Å². The Morgan fingerprint density at radius 3 is 2.67 bits per heavy atom. The highest BCUT2D eigenvalue weighted by molar-refractivity contribution is 9.19. The zero-order chi connectivity index (χ0) is 11.7. The van der Waals surface area contributed by atoms with Crippen LogP contribution in [0.15, 0.2) is 5.10 Å². The van der Waals surface area contributed by atoms with Gasteiger partial charge in [-0.1, -0.05) is 13.3 Å². The number of rotatable bonds is 5. The molecule has 0 aliphatic heterocycles. The Kier molecular flexibility index (Phi) is 7.61. The third-order valence-electron chi connectivity index (χ3n) is 1.38. The van der Waals surface area contributed by atoms with Crippen LogP contribution in [-0.2, 0) is 9.53 Å². The quantitative estimate of drug-likeness (QED) is 0.341. The molecular formula is C8H14BrN3O3. The zero-order valence-electron chi connectivity index (χ0n) is 8.67. The SMILES string of the molecule is CCCCOC(=O)/C(Br)=N/NC(=O)NC. The van der Waals surface area contributed by atoms with Crippen molar-refractivity contribution in [2.24, 2.45) is 5.10 Å². The molecule has 0 saturated heterocycles. The maximum absolute atomic E-state index is 11.1. The van der Waals surface area contributed by atoms with E-state index in [4.69, 9.17) is 4.74 Å². The Morgan fingerprint density at radius 2 is 2.13 bits per heavy atom. The Bertz CT molecular complexity index is 256. The van der Waals surface area contributed by atoms with Gasteiger partial charge in [-0.15, -0.1) is 0 Å². The van der Waals surface area contributed by atoms with Crippen LogP contribution in [0.1, 0.15) is 19.8 Å². The molecule has 0 saturated carbocycles. The smallest absolute Gasteiger partial charge is 0.366 e. The van der Waals surface area contributed by atoms with E-state index in [1.165, 1.54) is 7.05 Å². The lowest BCUT2D eigenvalue weighted by molar-refractivity contribution is -0.135. The van der Waals surface area contributed by atoms with Crippen LogP contribution in [0.5, 0.6) is 0 Å². The van der Waals surface area contributed by atoms with Crippen molar-refractivity contribution in [1.29, 1.82) is 0 Å². The van der Waals surface area contributed by atoms with E-state index in [0.29, 0.717) is 6.61 Å². The summed E-state index contributed by atoms with van der Waals surface area (Å²) in [7, 11) is 1.44. The van der Waals surface area contributed by atoms with Crippen LogP contribution >= 0.6 is 15.9 Å². The summed E-state index contributed by atoms with van der Waals surface area (Å²) in [5.41, 5.74) is 2.09. The van der Waals surface area contributed by atoms with Crippen molar-refractivity contribution in [3.8, 4) is 0 Å². The second-order valence-corrected chi connectivity index (χ2v) is 3.33. The Hall–Kier alpha value is -1.11. The molecule has 7 heteroatoms. The molecule has 0 fully saturated rings. The van der Waals surface area contributed by atoms with Crippen molar-refractivity contribution in [2.75, 3.05) is 13.7 Å². The van der Waals surface area contributed by atoms with Crippen LogP contribution < -0.4 is 10.7 Å². The predicted molar refractivity (Wildman–Crippen MR) is 59.8 cm³/mol. The summed E-state index contributed by atoms with van der Waals surface area (Å²) in [6, 6.07) is -0.506. The van der Waals surface area contributed by atoms with E-state index < -0.39 is 12.0 Å². The van der Waals surface area contributed by atoms with Crippen LogP contribution in [0.4, 0.5) is 4.79 Å². The highest BCUT2D eigenvalue weighted by Crippen LogP contribution is 1.95. The number of amides is 2. The molecule has 0 atom stereocenters. The van der Waals surface area contributed by atoms with Gasteiger partial charge in [0.15, 0.2) is 0 Å². The normalized spacial score (nSPS) is 10.7. The van der Waals surface area contributed by atoms with E-state index in [1.54, 1.807) is 0 Å². The molecule has 0 heterocycles. The van der Waals surface area contributed by atoms with Crippen molar-refractivity contribution in [3.63, 3.8) is 0 Å². The number of unbranched alkanes of at least 4 members (excludes halogenated alkanes) is 1. The molecule has 6 nitrogen and oxygen atoms in total. The van der Waals surface area contributed by atoms with Gasteiger partial charge in [-0.05, 0) is 22.4 Å². The van der Waals surface area contributed by atoms with Gasteiger partial charge in [-0.25, -0.2) is 15.0 Å². The van der Waals surface area contributed by atoms with Crippen molar-refractivity contribution in [1.82, 2.24) is 10.7 Å². The van der Waals surface area contributed by atoms with Crippen LogP contribution in [0.3, 0.4) is 0 Å². The molecule has 2 N–H and O–H groups in total. The molecule has 0 radical (unpaired) electrons. The first-order valence-corrected chi connectivity index (χ1v) is 5.29. The van der Waals surface area contributed by atoms with Gasteiger partial charge in [0, 0.05) is 7.05 Å². The fourth-order valence-corrected chi connectivity index (χ4v) is 0.773. The number of hydrazone groups is 1. The molecule has 0 aromatic heterocycles. The van der Waals surface area contributed by atoms with Gasteiger partial charge in [0.25, 0.3) is 0 Å². The molecule has 15 heavy (non-hydrogen) atoms. The van der Waals surface area contributed by atoms with Gasteiger partial charge in [0.2, 0.25) is 4.62 Å². The molecule has 86 valence electrons. The molecular weight excluding hydrogens is 266 g/mol. The van der Waals surface area contributed by atoms with Gasteiger partial charge < -0.3 is 10.1 Å². The van der Waals surface area contributed by atoms with Crippen LogP contribution in [-0.4, -0.2) is 30.3 Å². The number of nitrogens with one attached hydrogen (secondary N) is 2. The molecule has 2 amide bonds. The number of ether oxygens (including phenoxy) is 1. The van der Waals surface area contributed by atoms with E-state index in [-0.39, 0.29) is 4.62 Å². The van der Waals surface area contributed by atoms with Gasteiger partial charge in [-0.3, -0.25) is 0 Å². The van der Waals surface area contributed by atoms with E-state index in [1.807, 2.05) is 6.92 Å². The van der Waals surface area contributed by atoms with Crippen molar-refractivity contribution >= 4 is 32.6 Å². The first-order valence-electron chi connectivity index (χ1n) is 4.49. The van der Waals surface area contributed by atoms with E-state index >= 15 is 0 Å². The zero-order valence-corrected chi connectivity index (χ0v) is 10.3. The summed E-state index contributed by atoms with van der Waals surface area (Å²) in [5, 5.41) is 5.75. The van der Waals surface area contributed by atoms with Gasteiger partial charge in [0.05, 0.1) is 6.61 Å². The van der Waals surface area contributed by atoms with E-state index in [2.05, 4.69) is 31.8 Å². The van der Waals surface area contributed by atoms with Crippen molar-refractivity contribution in [3.05, 3.63) is 0 Å². The highest BCUT2D eigenvalue weighted by Gasteiger charge is 2.09. The van der Waals surface area contributed by atoms with Crippen LogP contribution in [0.2, 0.25) is 0 Å². The monoisotopic (exact) mass is 279 g/mol. The van der Waals surface area contributed by atoms with Crippen LogP contribution in [0.25, 0.3) is 0 Å². The fourth-order valence-electron chi connectivity index (χ4n) is 0.570. The topological polar surface area (TPSA) is 79.8 Å². The molecule has 0 aromatic rings. The molecule has 0 rings (SSSR count). The maximum Gasteiger partial charge on any atom is 0.366 e. The van der Waals surface area contributed by atoms with E-state index in [0.717, 1.165) is 12.8 Å². The van der Waals surface area contributed by atoms with Gasteiger partial charge >= 0.3 is 12.0 Å². The predicted octanol–water partition coefficient (Wildman–Crippen LogP) is 0.967. The number of esters is 1. The number of hydrogen-bond acceptors (Lipinski definition) is 4. The molecule has 0 aromatic carbocycles. The number of carbonyl (C=O) groups is 2. The Balaban J connectivity index is 3.91. The van der Waals surface area contributed by atoms with Crippen molar-refractivity contribution in [2.45, 2.75) is 19.8 Å². The average Bonchev–Trinajstić information content (AvgIpc) is 2.25. The maximum atomic E-state index is 11.1. The minimum Gasteiger partial charge on any atom is -0.461 e. The third-order valence-corrected chi connectivity index (χ3v) is 1.88. The number of urea groups is 1. The Labute approximate surface area is 96.6 Å². The first kappa shape index (κ1) is 13.9. The standard InChI is InChI=1S/C8H14BrN3O3/c1-3-4-5-15-7(13)6(9)11-12-8(14)10-2/h3-5H2,1-2H3,(H2,10,12,14)/b11-6-. The molecule has 0 bridgehead atoms. The molecule has 0 aliphatic carbocycles. The summed E-state index contributed by atoms with van der Waals surface area (Å²) in [5.74, 6) is -0.597. The largest absolute Gasteiger partial charge is 0.461 e. The summed E-state index contributed by atoms with van der Waals surface area (Å²) >= 11 is 2.89. The number of carbonyl (C=O) groups excluding carboxylic acids is 2. The lowest BCUT2D eigenvalue weighted by Crippen LogP contribution is -2.30. The third kappa shape index (κ3) is 6.89. The highest BCUT2D eigenvalue weighted by atomic mass is 79.9. The molecule has 0 unspecified atom stereocenters. The summed E-state index contributed by atoms with van der Waals surface area (Å²) < 4.78 is 4.75. The first-order chi connectivity index (χ1) is 7.11. The lowest BCUT2D eigenvalue weighted by Gasteiger charge is -2.02. The number of halogens is 1. The minimum absolute atomic E-state index is 0.0674. The van der Waals surface area contributed by atoms with Gasteiger partial charge in [0.1, 0.15) is 0 Å².